The molecule has 1 aliphatic rings. The number of pyridine rings is 1. The monoisotopic (exact) mass is 311 g/mol. The zero-order chi connectivity index (χ0) is 16.2. The fourth-order valence-corrected chi connectivity index (χ4v) is 2.59. The highest BCUT2D eigenvalue weighted by molar-refractivity contribution is 5.95. The molecule has 0 bridgehead atoms. The summed E-state index contributed by atoms with van der Waals surface area (Å²) in [5.74, 6) is -0.122. The van der Waals surface area contributed by atoms with Crippen LogP contribution in [0.1, 0.15) is 28.8 Å². The summed E-state index contributed by atoms with van der Waals surface area (Å²) in [4.78, 5) is 39.1. The third-order valence-corrected chi connectivity index (χ3v) is 3.80. The highest BCUT2D eigenvalue weighted by Crippen LogP contribution is 2.22. The van der Waals surface area contributed by atoms with Crippen molar-refractivity contribution in [3.63, 3.8) is 0 Å². The number of hydrogen-bond acceptors (Lipinski definition) is 3. The number of nitrogens with zero attached hydrogens (tertiary/aromatic N) is 1. The van der Waals surface area contributed by atoms with Gasteiger partial charge in [0.15, 0.2) is 0 Å². The number of carbonyl (C=O) groups is 2. The van der Waals surface area contributed by atoms with Crippen LogP contribution in [0.4, 0.5) is 5.69 Å². The average Bonchev–Trinajstić information content (AvgIpc) is 3.00. The molecular formula is C17H17N3O3. The van der Waals surface area contributed by atoms with Crippen molar-refractivity contribution < 1.29 is 9.59 Å². The van der Waals surface area contributed by atoms with Crippen molar-refractivity contribution in [3.8, 4) is 0 Å². The summed E-state index contributed by atoms with van der Waals surface area (Å²) >= 11 is 0. The lowest BCUT2D eigenvalue weighted by atomic mass is 10.2. The standard InChI is InChI=1S/C17H17N3O3/c21-15-7-6-13(11-18-15)17(23)19-10-12-3-1-4-14(9-12)20-8-2-5-16(20)22/h1,3-4,6-7,9,11H,2,5,8,10H2,(H,18,21)(H,19,23). The van der Waals surface area contributed by atoms with Gasteiger partial charge in [-0.3, -0.25) is 14.4 Å². The predicted octanol–water partition coefficient (Wildman–Crippen LogP) is 1.43. The first-order valence-corrected chi connectivity index (χ1v) is 7.50. The summed E-state index contributed by atoms with van der Waals surface area (Å²) in [5, 5.41) is 2.80. The smallest absolute Gasteiger partial charge is 0.253 e. The van der Waals surface area contributed by atoms with E-state index in [2.05, 4.69) is 10.3 Å². The molecule has 2 aromatic rings. The quantitative estimate of drug-likeness (QED) is 0.896. The molecule has 1 aromatic heterocycles. The van der Waals surface area contributed by atoms with Gasteiger partial charge in [0.25, 0.3) is 5.91 Å². The lowest BCUT2D eigenvalue weighted by molar-refractivity contribution is -0.117. The van der Waals surface area contributed by atoms with Gasteiger partial charge in [-0.2, -0.15) is 0 Å². The summed E-state index contributed by atoms with van der Waals surface area (Å²) in [5.41, 5.74) is 1.93. The summed E-state index contributed by atoms with van der Waals surface area (Å²) < 4.78 is 0. The number of H-pyrrole nitrogens is 1. The van der Waals surface area contributed by atoms with Crippen molar-refractivity contribution in [1.29, 1.82) is 0 Å². The van der Waals surface area contributed by atoms with Gasteiger partial charge in [0.2, 0.25) is 11.5 Å². The van der Waals surface area contributed by atoms with E-state index in [4.69, 9.17) is 0 Å². The molecule has 6 nitrogen and oxygen atoms in total. The van der Waals surface area contributed by atoms with Gasteiger partial charge in [-0.05, 0) is 30.2 Å². The van der Waals surface area contributed by atoms with Gasteiger partial charge in [0.05, 0.1) is 5.56 Å². The SMILES string of the molecule is O=C(NCc1cccc(N2CCCC2=O)c1)c1ccc(=O)[nH]c1. The molecule has 0 unspecified atom stereocenters. The number of rotatable bonds is 4. The van der Waals surface area contributed by atoms with Crippen LogP contribution in [0, 0.1) is 0 Å². The molecule has 2 N–H and O–H groups in total. The van der Waals surface area contributed by atoms with Gasteiger partial charge in [0, 0.05) is 37.5 Å². The molecular weight excluding hydrogens is 294 g/mol. The van der Waals surface area contributed by atoms with Crippen molar-refractivity contribution in [1.82, 2.24) is 10.3 Å². The van der Waals surface area contributed by atoms with E-state index < -0.39 is 0 Å². The Morgan fingerprint density at radius 3 is 2.78 bits per heavy atom. The molecule has 1 aromatic carbocycles. The summed E-state index contributed by atoms with van der Waals surface area (Å²) in [6.07, 6.45) is 2.86. The lowest BCUT2D eigenvalue weighted by Crippen LogP contribution is -2.25. The number of carbonyl (C=O) groups excluding carboxylic acids is 2. The first kappa shape index (κ1) is 15.0. The van der Waals surface area contributed by atoms with E-state index in [9.17, 15) is 14.4 Å². The molecule has 1 fully saturated rings. The lowest BCUT2D eigenvalue weighted by Gasteiger charge is -2.16. The molecule has 23 heavy (non-hydrogen) atoms. The van der Waals surface area contributed by atoms with E-state index in [1.807, 2.05) is 24.3 Å². The molecule has 1 saturated heterocycles. The van der Waals surface area contributed by atoms with E-state index in [1.54, 1.807) is 4.90 Å². The Kier molecular flexibility index (Phi) is 4.23. The van der Waals surface area contributed by atoms with Crippen molar-refractivity contribution in [3.05, 3.63) is 64.1 Å². The molecule has 0 saturated carbocycles. The molecule has 2 heterocycles. The normalized spacial score (nSPS) is 14.1. The minimum Gasteiger partial charge on any atom is -0.348 e. The van der Waals surface area contributed by atoms with Gasteiger partial charge < -0.3 is 15.2 Å². The van der Waals surface area contributed by atoms with Crippen LogP contribution in [0.15, 0.2) is 47.4 Å². The maximum atomic E-state index is 12.0. The van der Waals surface area contributed by atoms with Crippen LogP contribution in [0.5, 0.6) is 0 Å². The Morgan fingerprint density at radius 1 is 1.22 bits per heavy atom. The second-order valence-corrected chi connectivity index (χ2v) is 5.44. The van der Waals surface area contributed by atoms with Gasteiger partial charge >= 0.3 is 0 Å². The van der Waals surface area contributed by atoms with E-state index >= 15 is 0 Å². The number of hydrogen-bond donors (Lipinski definition) is 2. The number of amides is 2. The van der Waals surface area contributed by atoms with Crippen molar-refractivity contribution >= 4 is 17.5 Å². The van der Waals surface area contributed by atoms with E-state index in [-0.39, 0.29) is 17.4 Å². The molecule has 3 rings (SSSR count). The van der Waals surface area contributed by atoms with Crippen LogP contribution in [0.3, 0.4) is 0 Å². The fraction of sp³-hybridized carbons (Fsp3) is 0.235. The molecule has 6 heteroatoms. The molecule has 2 amide bonds. The van der Waals surface area contributed by atoms with Crippen LogP contribution in [-0.4, -0.2) is 23.3 Å². The average molecular weight is 311 g/mol. The third-order valence-electron chi connectivity index (χ3n) is 3.80. The van der Waals surface area contributed by atoms with Gasteiger partial charge in [-0.25, -0.2) is 0 Å². The van der Waals surface area contributed by atoms with Crippen molar-refractivity contribution in [2.75, 3.05) is 11.4 Å². The number of aromatic amines is 1. The van der Waals surface area contributed by atoms with Crippen LogP contribution < -0.4 is 15.8 Å². The van der Waals surface area contributed by atoms with E-state index in [0.29, 0.717) is 18.5 Å². The fourth-order valence-electron chi connectivity index (χ4n) is 2.59. The second-order valence-electron chi connectivity index (χ2n) is 5.44. The van der Waals surface area contributed by atoms with Gasteiger partial charge in [-0.1, -0.05) is 12.1 Å². The molecule has 118 valence electrons. The van der Waals surface area contributed by atoms with Crippen LogP contribution in [-0.2, 0) is 11.3 Å². The molecule has 1 aliphatic heterocycles. The minimum atomic E-state index is -0.260. The Balaban J connectivity index is 1.66. The highest BCUT2D eigenvalue weighted by Gasteiger charge is 2.21. The predicted molar refractivity (Wildman–Crippen MR) is 86.3 cm³/mol. The number of benzene rings is 1. The maximum Gasteiger partial charge on any atom is 0.253 e. The molecule has 0 aliphatic carbocycles. The third kappa shape index (κ3) is 3.48. The number of aromatic nitrogens is 1. The Labute approximate surface area is 133 Å². The van der Waals surface area contributed by atoms with Crippen LogP contribution in [0.2, 0.25) is 0 Å². The van der Waals surface area contributed by atoms with E-state index in [0.717, 1.165) is 24.2 Å². The molecule has 0 radical (unpaired) electrons. The second kappa shape index (κ2) is 6.48. The zero-order valence-electron chi connectivity index (χ0n) is 12.5. The highest BCUT2D eigenvalue weighted by atomic mass is 16.2. The zero-order valence-corrected chi connectivity index (χ0v) is 12.5. The number of anilines is 1. The first-order valence-electron chi connectivity index (χ1n) is 7.50. The number of nitrogens with one attached hydrogen (secondary N) is 2. The maximum absolute atomic E-state index is 12.0. The first-order chi connectivity index (χ1) is 11.1. The van der Waals surface area contributed by atoms with Gasteiger partial charge in [-0.15, -0.1) is 0 Å². The Morgan fingerprint density at radius 2 is 2.09 bits per heavy atom. The summed E-state index contributed by atoms with van der Waals surface area (Å²) in [6, 6.07) is 10.4. The largest absolute Gasteiger partial charge is 0.348 e. The van der Waals surface area contributed by atoms with Crippen LogP contribution >= 0.6 is 0 Å². The minimum absolute atomic E-state index is 0.138. The summed E-state index contributed by atoms with van der Waals surface area (Å²) in [7, 11) is 0. The topological polar surface area (TPSA) is 82.3 Å². The summed E-state index contributed by atoms with van der Waals surface area (Å²) in [6.45, 7) is 1.10. The molecule has 0 atom stereocenters. The van der Waals surface area contributed by atoms with Crippen molar-refractivity contribution in [2.24, 2.45) is 0 Å². The van der Waals surface area contributed by atoms with Gasteiger partial charge in [0.1, 0.15) is 0 Å². The van der Waals surface area contributed by atoms with Crippen molar-refractivity contribution in [2.45, 2.75) is 19.4 Å². The Bertz CT molecular complexity index is 777. The van der Waals surface area contributed by atoms with Crippen LogP contribution in [0.25, 0.3) is 0 Å². The molecule has 0 spiro atoms. The van der Waals surface area contributed by atoms with E-state index in [1.165, 1.54) is 18.3 Å². The Hall–Kier alpha value is -2.89.